The van der Waals surface area contributed by atoms with Crippen molar-refractivity contribution in [2.75, 3.05) is 6.61 Å². The lowest BCUT2D eigenvalue weighted by Gasteiger charge is -2.50. The minimum absolute atomic E-state index is 0.241. The number of aromatic nitrogens is 5. The molecule has 3 heterocycles. The van der Waals surface area contributed by atoms with Crippen LogP contribution in [0.25, 0.3) is 33.5 Å². The predicted octanol–water partition coefficient (Wildman–Crippen LogP) is 4.86. The van der Waals surface area contributed by atoms with Gasteiger partial charge in [-0.05, 0) is 57.4 Å². The molecule has 1 aliphatic rings. The smallest absolute Gasteiger partial charge is 0.255 e. The maximum atomic E-state index is 13.9. The van der Waals surface area contributed by atoms with E-state index in [0.29, 0.717) is 53.1 Å². The van der Waals surface area contributed by atoms with Gasteiger partial charge in [-0.25, -0.2) is 14.4 Å². The number of benzene rings is 1. The average molecular weight is 553 g/mol. The van der Waals surface area contributed by atoms with E-state index < -0.39 is 19.2 Å². The fraction of sp³-hybridized carbons (Fsp3) is 0.500. The molecule has 11 heteroatoms. The highest BCUT2D eigenvalue weighted by molar-refractivity contribution is 6.76. The third-order valence-electron chi connectivity index (χ3n) is 7.82. The molecule has 0 unspecified atom stereocenters. The normalized spacial score (nSPS) is 15.6. The zero-order chi connectivity index (χ0) is 28.2. The van der Waals surface area contributed by atoms with Crippen LogP contribution in [-0.2, 0) is 18.5 Å². The van der Waals surface area contributed by atoms with E-state index in [1.165, 1.54) is 12.1 Å². The summed E-state index contributed by atoms with van der Waals surface area (Å²) in [6, 6.07) is 5.52. The first-order chi connectivity index (χ1) is 18.3. The molecule has 1 aliphatic carbocycles. The van der Waals surface area contributed by atoms with E-state index in [-0.39, 0.29) is 18.5 Å². The lowest BCUT2D eigenvalue weighted by Crippen LogP contribution is -2.65. The van der Waals surface area contributed by atoms with Crippen LogP contribution in [0.15, 0.2) is 30.6 Å². The summed E-state index contributed by atoms with van der Waals surface area (Å²) in [4.78, 5) is 23.2. The van der Waals surface area contributed by atoms with Gasteiger partial charge in [0.05, 0.1) is 28.4 Å². The molecule has 1 amide bonds. The summed E-state index contributed by atoms with van der Waals surface area (Å²) in [5, 5.41) is 19.2. The zero-order valence-corrected chi connectivity index (χ0v) is 24.5. The monoisotopic (exact) mass is 552 g/mol. The SMILES string of the molecule is Cn1nc(-c2cnc3c(n2)c(C(=O)NC2(C(C)(C)O)CCC2)cn3COCC[Si](C)(C)C)c2ccc(F)cc21. The fourth-order valence-electron chi connectivity index (χ4n) is 5.10. The molecule has 0 bridgehead atoms. The minimum atomic E-state index is -1.26. The van der Waals surface area contributed by atoms with Gasteiger partial charge in [0.25, 0.3) is 5.91 Å². The highest BCUT2D eigenvalue weighted by atomic mass is 28.3. The second-order valence-electron chi connectivity index (χ2n) is 12.4. The van der Waals surface area contributed by atoms with Crippen LogP contribution in [0.2, 0.25) is 25.7 Å². The first-order valence-electron chi connectivity index (χ1n) is 13.4. The fourth-order valence-corrected chi connectivity index (χ4v) is 5.85. The number of carbonyl (C=O) groups excluding carboxylic acids is 1. The van der Waals surface area contributed by atoms with Crippen molar-refractivity contribution in [3.8, 4) is 11.4 Å². The first kappa shape index (κ1) is 27.4. The number of halogens is 1. The van der Waals surface area contributed by atoms with E-state index in [4.69, 9.17) is 9.72 Å². The Morgan fingerprint density at radius 3 is 2.67 bits per heavy atom. The van der Waals surface area contributed by atoms with Gasteiger partial charge < -0.3 is 19.7 Å². The second-order valence-corrected chi connectivity index (χ2v) is 18.0. The molecule has 1 aromatic carbocycles. The molecule has 2 N–H and O–H groups in total. The Bertz CT molecular complexity index is 1540. The second kappa shape index (κ2) is 9.79. The summed E-state index contributed by atoms with van der Waals surface area (Å²) in [6.45, 7) is 11.2. The number of nitrogens with zero attached hydrogens (tertiary/aromatic N) is 5. The molecular formula is C28H37FN6O3Si. The zero-order valence-electron chi connectivity index (χ0n) is 23.5. The number of nitrogens with one attached hydrogen (secondary N) is 1. The van der Waals surface area contributed by atoms with Crippen LogP contribution in [0.5, 0.6) is 0 Å². The van der Waals surface area contributed by atoms with Gasteiger partial charge >= 0.3 is 0 Å². The number of ether oxygens (including phenoxy) is 1. The van der Waals surface area contributed by atoms with E-state index >= 15 is 0 Å². The van der Waals surface area contributed by atoms with Crippen molar-refractivity contribution in [1.29, 1.82) is 0 Å². The lowest BCUT2D eigenvalue weighted by atomic mass is 9.66. The molecule has 39 heavy (non-hydrogen) atoms. The first-order valence-corrected chi connectivity index (χ1v) is 17.1. The van der Waals surface area contributed by atoms with Crippen LogP contribution in [0.3, 0.4) is 0 Å². The van der Waals surface area contributed by atoms with Crippen molar-refractivity contribution in [2.24, 2.45) is 7.05 Å². The molecule has 0 spiro atoms. The van der Waals surface area contributed by atoms with E-state index in [0.717, 1.165) is 17.9 Å². The number of fused-ring (bicyclic) bond motifs is 2. The Kier molecular flexibility index (Phi) is 6.88. The van der Waals surface area contributed by atoms with Crippen molar-refractivity contribution in [1.82, 2.24) is 29.6 Å². The van der Waals surface area contributed by atoms with Crippen molar-refractivity contribution in [3.05, 3.63) is 42.0 Å². The molecule has 1 saturated carbocycles. The molecule has 4 aromatic rings. The van der Waals surface area contributed by atoms with Gasteiger partial charge in [-0.2, -0.15) is 5.10 Å². The van der Waals surface area contributed by atoms with Crippen molar-refractivity contribution in [3.63, 3.8) is 0 Å². The number of carbonyl (C=O) groups is 1. The Morgan fingerprint density at radius 1 is 1.28 bits per heavy atom. The number of aryl methyl sites for hydroxylation is 1. The van der Waals surface area contributed by atoms with E-state index in [1.54, 1.807) is 48.6 Å². The van der Waals surface area contributed by atoms with Crippen LogP contribution in [-0.4, -0.2) is 61.1 Å². The number of aliphatic hydroxyl groups is 1. The van der Waals surface area contributed by atoms with Gasteiger partial charge in [0, 0.05) is 33.3 Å². The van der Waals surface area contributed by atoms with Crippen molar-refractivity contribution in [2.45, 2.75) is 76.7 Å². The van der Waals surface area contributed by atoms with E-state index in [9.17, 15) is 14.3 Å². The highest BCUT2D eigenvalue weighted by Crippen LogP contribution is 2.41. The Morgan fingerprint density at radius 2 is 2.03 bits per heavy atom. The van der Waals surface area contributed by atoms with E-state index in [2.05, 4.69) is 35.0 Å². The summed E-state index contributed by atoms with van der Waals surface area (Å²) in [5.74, 6) is -0.664. The van der Waals surface area contributed by atoms with Crippen LogP contribution in [0.4, 0.5) is 4.39 Å². The molecule has 9 nitrogen and oxygen atoms in total. The summed E-state index contributed by atoms with van der Waals surface area (Å²) in [6.07, 6.45) is 5.69. The third-order valence-corrected chi connectivity index (χ3v) is 9.53. The van der Waals surface area contributed by atoms with Gasteiger partial charge in [0.2, 0.25) is 0 Å². The largest absolute Gasteiger partial charge is 0.388 e. The van der Waals surface area contributed by atoms with Crippen LogP contribution in [0, 0.1) is 5.82 Å². The van der Waals surface area contributed by atoms with Gasteiger partial charge in [0.1, 0.15) is 29.5 Å². The van der Waals surface area contributed by atoms with Crippen LogP contribution >= 0.6 is 0 Å². The summed E-state index contributed by atoms with van der Waals surface area (Å²) >= 11 is 0. The maximum Gasteiger partial charge on any atom is 0.255 e. The standard InChI is InChI=1S/C28H37FN6O3Si/c1-27(2,37)28(10-7-11-28)32-26(36)20-16-35(17-38-12-13-39(4,5)6)25-24(20)31-21(15-30-25)23-19-9-8-18(29)14-22(19)34(3)33-23/h8-9,14-16,37H,7,10-13,17H2,1-6H3,(H,32,36). The summed E-state index contributed by atoms with van der Waals surface area (Å²) in [7, 11) is 0.493. The van der Waals surface area contributed by atoms with Crippen LogP contribution < -0.4 is 5.32 Å². The van der Waals surface area contributed by atoms with Gasteiger partial charge in [-0.15, -0.1) is 0 Å². The molecule has 208 valence electrons. The Balaban J connectivity index is 1.55. The molecule has 1 fully saturated rings. The number of rotatable bonds is 9. The van der Waals surface area contributed by atoms with Gasteiger partial charge in [-0.3, -0.25) is 9.48 Å². The van der Waals surface area contributed by atoms with Crippen molar-refractivity contribution < 1.29 is 19.0 Å². The highest BCUT2D eigenvalue weighted by Gasteiger charge is 2.50. The maximum absolute atomic E-state index is 13.9. The average Bonchev–Trinajstić information content (AvgIpc) is 3.34. The third kappa shape index (κ3) is 5.22. The van der Waals surface area contributed by atoms with E-state index in [1.807, 2.05) is 0 Å². The molecule has 0 radical (unpaired) electrons. The predicted molar refractivity (Wildman–Crippen MR) is 152 cm³/mol. The van der Waals surface area contributed by atoms with Crippen LogP contribution in [0.1, 0.15) is 43.5 Å². The molecule has 0 aliphatic heterocycles. The van der Waals surface area contributed by atoms with Gasteiger partial charge in [-0.1, -0.05) is 19.6 Å². The molecule has 3 aromatic heterocycles. The minimum Gasteiger partial charge on any atom is -0.388 e. The Hall–Kier alpha value is -3.15. The molecule has 5 rings (SSSR count). The van der Waals surface area contributed by atoms with Crippen molar-refractivity contribution >= 4 is 36.0 Å². The van der Waals surface area contributed by atoms with Gasteiger partial charge in [0.15, 0.2) is 5.65 Å². The quantitative estimate of drug-likeness (QED) is 0.227. The molecular weight excluding hydrogens is 515 g/mol. The topological polar surface area (TPSA) is 107 Å². The number of hydrogen-bond acceptors (Lipinski definition) is 6. The molecule has 0 atom stereocenters. The number of hydrogen-bond donors (Lipinski definition) is 2. The summed E-state index contributed by atoms with van der Waals surface area (Å²) in [5.41, 5.74) is 1.20. The summed E-state index contributed by atoms with van der Waals surface area (Å²) < 4.78 is 23.3. The lowest BCUT2D eigenvalue weighted by molar-refractivity contribution is -0.0581. The number of amides is 1. The molecule has 0 saturated heterocycles. The Labute approximate surface area is 228 Å².